The van der Waals surface area contributed by atoms with Crippen LogP contribution in [-0.4, -0.2) is 51.8 Å². The lowest BCUT2D eigenvalue weighted by Gasteiger charge is -2.17. The molecule has 1 aliphatic heterocycles. The average molecular weight is 705 g/mol. The zero-order valence-corrected chi connectivity index (χ0v) is 26.0. The van der Waals surface area contributed by atoms with Crippen LogP contribution in [0.2, 0.25) is 0 Å². The number of anilines is 2. The van der Waals surface area contributed by atoms with Gasteiger partial charge in [-0.2, -0.15) is 13.2 Å². The predicted molar refractivity (Wildman–Crippen MR) is 175 cm³/mol. The van der Waals surface area contributed by atoms with E-state index in [1.54, 1.807) is 36.4 Å². The van der Waals surface area contributed by atoms with E-state index >= 15 is 0 Å². The van der Waals surface area contributed by atoms with Crippen molar-refractivity contribution in [2.24, 2.45) is 0 Å². The number of hydrogen-bond acceptors (Lipinski definition) is 5. The van der Waals surface area contributed by atoms with Gasteiger partial charge in [0.05, 0.1) is 23.9 Å². The fraction of sp³-hybridized carbons (Fsp3) is 0.147. The minimum absolute atomic E-state index is 0.0630. The zero-order chi connectivity index (χ0) is 33.2. The minimum Gasteiger partial charge on any atom is -0.506 e. The van der Waals surface area contributed by atoms with E-state index in [0.29, 0.717) is 27.7 Å². The number of phenols is 1. The molecule has 2 amide bonds. The number of carbonyl (C=O) groups is 3. The summed E-state index contributed by atoms with van der Waals surface area (Å²) in [5.74, 6) is -3.10. The van der Waals surface area contributed by atoms with Crippen LogP contribution < -0.4 is 10.2 Å². The van der Waals surface area contributed by atoms with Gasteiger partial charge in [-0.3, -0.25) is 9.59 Å². The summed E-state index contributed by atoms with van der Waals surface area (Å²) in [6.45, 7) is 0.0630. The number of hydrogen-bond donors (Lipinski definition) is 4. The van der Waals surface area contributed by atoms with Crippen LogP contribution in [0.5, 0.6) is 5.75 Å². The Morgan fingerprint density at radius 2 is 1.77 bits per heavy atom. The van der Waals surface area contributed by atoms with Crippen LogP contribution in [0, 0.1) is 0 Å². The Balaban J connectivity index is 1.23. The van der Waals surface area contributed by atoms with Crippen molar-refractivity contribution in [3.05, 3.63) is 101 Å². The third-order valence-electron chi connectivity index (χ3n) is 8.40. The lowest BCUT2D eigenvalue weighted by atomic mass is 9.95. The maximum atomic E-state index is 14.0. The molecule has 1 aliphatic rings. The molecule has 4 aromatic carbocycles. The number of phenolic OH excluding ortho intramolecular Hbond substituents is 1. The Morgan fingerprint density at radius 1 is 1.00 bits per heavy atom. The van der Waals surface area contributed by atoms with Gasteiger partial charge in [0.15, 0.2) is 0 Å². The number of rotatable bonds is 5. The second kappa shape index (κ2) is 11.2. The first-order valence-corrected chi connectivity index (χ1v) is 15.5. The van der Waals surface area contributed by atoms with Crippen LogP contribution in [0.3, 0.4) is 0 Å². The first kappa shape index (κ1) is 30.4. The Morgan fingerprint density at radius 3 is 2.49 bits per heavy atom. The Bertz CT molecular complexity index is 2280. The molecule has 1 unspecified atom stereocenters. The summed E-state index contributed by atoms with van der Waals surface area (Å²) in [7, 11) is 0.971. The lowest BCUT2D eigenvalue weighted by Crippen LogP contribution is -2.30. The van der Waals surface area contributed by atoms with Gasteiger partial charge in [-0.25, -0.2) is 4.79 Å². The van der Waals surface area contributed by atoms with Crippen LogP contribution in [0.15, 0.2) is 72.8 Å². The normalized spacial score (nSPS) is 14.6. The van der Waals surface area contributed by atoms with E-state index in [0.717, 1.165) is 17.9 Å². The molecule has 0 saturated heterocycles. The number of carbonyl (C=O) groups excluding carboxylic acids is 3. The third-order valence-corrected chi connectivity index (χ3v) is 9.18. The number of alkyl halides is 4. The molecule has 0 spiro atoms. The molecule has 9 nitrogen and oxygen atoms in total. The molecule has 47 heavy (non-hydrogen) atoms. The van der Waals surface area contributed by atoms with E-state index in [4.69, 9.17) is 4.74 Å². The van der Waals surface area contributed by atoms with Crippen molar-refractivity contribution >= 4 is 77.7 Å². The first-order valence-electron chi connectivity index (χ1n) is 14.4. The van der Waals surface area contributed by atoms with Gasteiger partial charge in [0.1, 0.15) is 17.1 Å². The van der Waals surface area contributed by atoms with E-state index in [2.05, 4.69) is 31.2 Å². The number of fused-ring (bicyclic) bond motifs is 5. The molecule has 0 bridgehead atoms. The third kappa shape index (κ3) is 5.07. The molecule has 3 heterocycles. The fourth-order valence-corrected chi connectivity index (χ4v) is 6.79. The number of halogens is 4. The summed E-state index contributed by atoms with van der Waals surface area (Å²) in [6, 6.07) is 21.1. The summed E-state index contributed by atoms with van der Waals surface area (Å²) in [4.78, 5) is 46.2. The maximum Gasteiger partial charge on any atom is 0.432 e. The Hall–Kier alpha value is -5.30. The molecule has 2 aromatic heterocycles. The predicted octanol–water partition coefficient (Wildman–Crippen LogP) is 7.70. The highest BCUT2D eigenvalue weighted by Crippen LogP contribution is 2.49. The molecule has 7 rings (SSSR count). The highest BCUT2D eigenvalue weighted by molar-refractivity contribution is 9.09. The number of methoxy groups -OCH3 is 1. The molecule has 1 atom stereocenters. The van der Waals surface area contributed by atoms with Gasteiger partial charge in [-0.05, 0) is 52.7 Å². The van der Waals surface area contributed by atoms with Gasteiger partial charge >= 0.3 is 12.1 Å². The van der Waals surface area contributed by atoms with Crippen LogP contribution >= 0.6 is 15.9 Å². The number of nitrogens with zero attached hydrogens (tertiary/aromatic N) is 1. The highest BCUT2D eigenvalue weighted by atomic mass is 79.9. The number of aromatic hydroxyl groups is 1. The minimum atomic E-state index is -4.95. The average Bonchev–Trinajstić information content (AvgIpc) is 3.77. The van der Waals surface area contributed by atoms with Crippen LogP contribution in [-0.2, 0) is 10.9 Å². The lowest BCUT2D eigenvalue weighted by molar-refractivity contribution is -0.141. The van der Waals surface area contributed by atoms with Gasteiger partial charge < -0.3 is 30.0 Å². The van der Waals surface area contributed by atoms with Gasteiger partial charge in [0.25, 0.3) is 11.8 Å². The van der Waals surface area contributed by atoms with Gasteiger partial charge in [0, 0.05) is 51.4 Å². The maximum absolute atomic E-state index is 14.0. The smallest absolute Gasteiger partial charge is 0.432 e. The summed E-state index contributed by atoms with van der Waals surface area (Å²) in [5, 5.41) is 16.4. The highest BCUT2D eigenvalue weighted by Gasteiger charge is 2.43. The van der Waals surface area contributed by atoms with Crippen molar-refractivity contribution in [1.29, 1.82) is 0 Å². The number of amides is 2. The summed E-state index contributed by atoms with van der Waals surface area (Å²) < 4.78 is 46.7. The number of aromatic nitrogens is 2. The summed E-state index contributed by atoms with van der Waals surface area (Å²) >= 11 is 3.40. The molecule has 0 radical (unpaired) electrons. The first-order chi connectivity index (χ1) is 22.5. The molecule has 13 heteroatoms. The van der Waals surface area contributed by atoms with Crippen molar-refractivity contribution in [3.63, 3.8) is 0 Å². The van der Waals surface area contributed by atoms with E-state index in [9.17, 15) is 32.7 Å². The monoisotopic (exact) mass is 704 g/mol. The summed E-state index contributed by atoms with van der Waals surface area (Å²) in [6.07, 6.45) is -4.95. The van der Waals surface area contributed by atoms with Crippen LogP contribution in [0.25, 0.3) is 32.6 Å². The van der Waals surface area contributed by atoms with Gasteiger partial charge in [0.2, 0.25) is 0 Å². The topological polar surface area (TPSA) is 128 Å². The van der Waals surface area contributed by atoms with E-state index in [1.165, 1.54) is 11.0 Å². The largest absolute Gasteiger partial charge is 0.506 e. The van der Waals surface area contributed by atoms with E-state index < -0.39 is 41.0 Å². The molecule has 6 aromatic rings. The van der Waals surface area contributed by atoms with Crippen LogP contribution in [0.4, 0.5) is 24.5 Å². The number of benzene rings is 4. The van der Waals surface area contributed by atoms with Crippen molar-refractivity contribution in [3.8, 4) is 5.75 Å². The standard InChI is InChI=1S/C34H24BrF3N4O5/c1-47-33(46)28-27-26-20(14-35)15-42(24(26)13-25(43)29(27)41-30(28)34(36,37)38)32(45)23-12-19-11-21(8-9-22(19)40-23)39-31(44)18-7-6-16-4-2-3-5-17(16)10-18/h2-13,20,40-41,43H,14-15H2,1H3,(H,39,44). The summed E-state index contributed by atoms with van der Waals surface area (Å²) in [5.41, 5.74) is -0.130. The number of ether oxygens (including phenoxy) is 1. The molecule has 0 saturated carbocycles. The van der Waals surface area contributed by atoms with Crippen LogP contribution in [0.1, 0.15) is 48.4 Å². The van der Waals surface area contributed by atoms with E-state index in [-0.39, 0.29) is 40.1 Å². The van der Waals surface area contributed by atoms with E-state index in [1.807, 2.05) is 30.3 Å². The van der Waals surface area contributed by atoms with Gasteiger partial charge in [-0.15, -0.1) is 0 Å². The Kier molecular flexibility index (Phi) is 7.23. The second-order valence-corrected chi connectivity index (χ2v) is 11.9. The number of nitrogens with one attached hydrogen (secondary N) is 3. The Labute approximate surface area is 272 Å². The molecular formula is C34H24BrF3N4O5. The molecule has 4 N–H and O–H groups in total. The van der Waals surface area contributed by atoms with Crippen molar-refractivity contribution in [1.82, 2.24) is 9.97 Å². The number of aromatic amines is 2. The van der Waals surface area contributed by atoms with Gasteiger partial charge in [-0.1, -0.05) is 46.3 Å². The number of esters is 1. The second-order valence-electron chi connectivity index (χ2n) is 11.2. The molecule has 0 aliphatic carbocycles. The fourth-order valence-electron chi connectivity index (χ4n) is 6.26. The number of H-pyrrole nitrogens is 2. The molecule has 238 valence electrons. The zero-order valence-electron chi connectivity index (χ0n) is 24.5. The van der Waals surface area contributed by atoms with Crippen molar-refractivity contribution in [2.75, 3.05) is 29.2 Å². The van der Waals surface area contributed by atoms with Crippen molar-refractivity contribution in [2.45, 2.75) is 12.1 Å². The molecular weight excluding hydrogens is 681 g/mol. The molecule has 0 fully saturated rings. The quantitative estimate of drug-likeness (QED) is 0.108. The SMILES string of the molecule is COC(=O)c1c(C(F)(F)F)[nH]c2c(O)cc3c(c12)C(CBr)CN3C(=O)c1cc2cc(NC(=O)c3ccc4ccccc4c3)ccc2[nH]1. The van der Waals surface area contributed by atoms with Crippen molar-refractivity contribution < 1.29 is 37.4 Å².